The van der Waals surface area contributed by atoms with Gasteiger partial charge in [0, 0.05) is 25.2 Å². The third kappa shape index (κ3) is 6.62. The summed E-state index contributed by atoms with van der Waals surface area (Å²) in [5.41, 5.74) is 0.390. The van der Waals surface area contributed by atoms with Crippen LogP contribution >= 0.6 is 0 Å². The van der Waals surface area contributed by atoms with Gasteiger partial charge in [-0.05, 0) is 20.5 Å². The molecule has 82 valence electrons. The molecule has 0 aliphatic carbocycles. The largest absolute Gasteiger partial charge is 0.478 e. The van der Waals surface area contributed by atoms with Gasteiger partial charge in [-0.15, -0.1) is 0 Å². The topological polar surface area (TPSA) is 52.6 Å². The van der Waals surface area contributed by atoms with Gasteiger partial charge in [0.05, 0.1) is 0 Å². The number of rotatable bonds is 7. The van der Waals surface area contributed by atoms with Crippen LogP contribution < -0.4 is 5.32 Å². The molecular formula is C10H20N2O2. The number of likely N-dealkylation sites (N-methyl/N-ethyl adjacent to an activating group) is 1. The molecule has 4 heteroatoms. The number of carbonyl (C=O) groups is 1. The van der Waals surface area contributed by atoms with Gasteiger partial charge in [-0.2, -0.15) is 0 Å². The minimum Gasteiger partial charge on any atom is -0.478 e. The Morgan fingerprint density at radius 3 is 2.71 bits per heavy atom. The Bertz CT molecular complexity index is 202. The van der Waals surface area contributed by atoms with E-state index in [1.54, 1.807) is 13.0 Å². The second-order valence-electron chi connectivity index (χ2n) is 3.29. The first-order valence-electron chi connectivity index (χ1n) is 4.87. The second-order valence-corrected chi connectivity index (χ2v) is 3.29. The molecule has 0 aliphatic heterocycles. The van der Waals surface area contributed by atoms with Gasteiger partial charge in [0.25, 0.3) is 0 Å². The molecule has 0 fully saturated rings. The molecule has 0 radical (unpaired) electrons. The van der Waals surface area contributed by atoms with Crippen LogP contribution in [-0.2, 0) is 4.79 Å². The maximum atomic E-state index is 10.4. The summed E-state index contributed by atoms with van der Waals surface area (Å²) >= 11 is 0. The fourth-order valence-electron chi connectivity index (χ4n) is 0.843. The van der Waals surface area contributed by atoms with E-state index in [-0.39, 0.29) is 0 Å². The van der Waals surface area contributed by atoms with Crippen LogP contribution in [0.4, 0.5) is 0 Å². The monoisotopic (exact) mass is 200 g/mol. The summed E-state index contributed by atoms with van der Waals surface area (Å²) in [7, 11) is 2.06. The molecule has 0 saturated carbocycles. The summed E-state index contributed by atoms with van der Waals surface area (Å²) in [5.74, 6) is -0.850. The summed E-state index contributed by atoms with van der Waals surface area (Å²) in [4.78, 5) is 12.6. The number of nitrogens with zero attached hydrogens (tertiary/aromatic N) is 1. The number of aliphatic carboxylic acids is 1. The van der Waals surface area contributed by atoms with Crippen molar-refractivity contribution in [2.45, 2.75) is 13.8 Å². The van der Waals surface area contributed by atoms with E-state index in [1.165, 1.54) is 0 Å². The molecule has 0 amide bonds. The fourth-order valence-corrected chi connectivity index (χ4v) is 0.843. The molecule has 0 saturated heterocycles. The quantitative estimate of drug-likeness (QED) is 0.466. The third-order valence-corrected chi connectivity index (χ3v) is 2.10. The first-order valence-corrected chi connectivity index (χ1v) is 4.87. The predicted octanol–water partition coefficient (Wildman–Crippen LogP) is 0.559. The normalized spacial score (nSPS) is 12.1. The molecule has 0 bridgehead atoms. The highest BCUT2D eigenvalue weighted by atomic mass is 16.4. The molecule has 0 aliphatic rings. The molecule has 0 rings (SSSR count). The Hall–Kier alpha value is -0.870. The number of hydrogen-bond donors (Lipinski definition) is 2. The Morgan fingerprint density at radius 1 is 1.57 bits per heavy atom. The van der Waals surface area contributed by atoms with Gasteiger partial charge in [-0.1, -0.05) is 13.0 Å². The van der Waals surface area contributed by atoms with Crippen LogP contribution in [0.2, 0.25) is 0 Å². The van der Waals surface area contributed by atoms with Crippen molar-refractivity contribution in [3.05, 3.63) is 11.6 Å². The van der Waals surface area contributed by atoms with Crippen molar-refractivity contribution in [3.63, 3.8) is 0 Å². The highest BCUT2D eigenvalue weighted by Crippen LogP contribution is 1.89. The van der Waals surface area contributed by atoms with Crippen molar-refractivity contribution in [1.82, 2.24) is 10.2 Å². The van der Waals surface area contributed by atoms with Gasteiger partial charge in [-0.3, -0.25) is 0 Å². The van der Waals surface area contributed by atoms with E-state index in [0.29, 0.717) is 12.1 Å². The van der Waals surface area contributed by atoms with Crippen molar-refractivity contribution in [2.75, 3.05) is 33.2 Å². The second kappa shape index (κ2) is 7.53. The third-order valence-electron chi connectivity index (χ3n) is 2.10. The lowest BCUT2D eigenvalue weighted by Gasteiger charge is -2.13. The maximum Gasteiger partial charge on any atom is 0.330 e. The van der Waals surface area contributed by atoms with Gasteiger partial charge in [0.15, 0.2) is 0 Å². The Balaban J connectivity index is 3.47. The SMILES string of the molecule is CCN(C)CCNC/C=C(/C)C(=O)O. The molecule has 0 aromatic carbocycles. The van der Waals surface area contributed by atoms with Gasteiger partial charge in [0.2, 0.25) is 0 Å². The van der Waals surface area contributed by atoms with Gasteiger partial charge >= 0.3 is 5.97 Å². The van der Waals surface area contributed by atoms with E-state index < -0.39 is 5.97 Å². The Labute approximate surface area is 85.6 Å². The fraction of sp³-hybridized carbons (Fsp3) is 0.700. The zero-order valence-corrected chi connectivity index (χ0v) is 9.21. The molecule has 0 spiro atoms. The first-order chi connectivity index (χ1) is 6.57. The van der Waals surface area contributed by atoms with Crippen molar-refractivity contribution in [2.24, 2.45) is 0 Å². The lowest BCUT2D eigenvalue weighted by molar-refractivity contribution is -0.132. The highest BCUT2D eigenvalue weighted by molar-refractivity contribution is 5.85. The van der Waals surface area contributed by atoms with Crippen LogP contribution in [0.3, 0.4) is 0 Å². The summed E-state index contributed by atoms with van der Waals surface area (Å²) < 4.78 is 0. The number of carboxylic acids is 1. The standard InChI is InChI=1S/C10H20N2O2/c1-4-12(3)8-7-11-6-5-9(2)10(13)14/h5,11H,4,6-8H2,1-3H3,(H,13,14)/b9-5-. The molecule has 0 unspecified atom stereocenters. The maximum absolute atomic E-state index is 10.4. The van der Waals surface area contributed by atoms with Crippen molar-refractivity contribution < 1.29 is 9.90 Å². The van der Waals surface area contributed by atoms with Crippen molar-refractivity contribution in [3.8, 4) is 0 Å². The summed E-state index contributed by atoms with van der Waals surface area (Å²) in [5, 5.41) is 11.7. The molecule has 4 nitrogen and oxygen atoms in total. The van der Waals surface area contributed by atoms with E-state index in [4.69, 9.17) is 5.11 Å². The summed E-state index contributed by atoms with van der Waals surface area (Å²) in [6.45, 7) is 7.22. The van der Waals surface area contributed by atoms with E-state index >= 15 is 0 Å². The molecule has 0 atom stereocenters. The van der Waals surface area contributed by atoms with E-state index in [2.05, 4.69) is 24.2 Å². The average molecular weight is 200 g/mol. The number of hydrogen-bond acceptors (Lipinski definition) is 3. The Morgan fingerprint density at radius 2 is 2.21 bits per heavy atom. The van der Waals surface area contributed by atoms with E-state index in [9.17, 15) is 4.79 Å². The lowest BCUT2D eigenvalue weighted by Crippen LogP contribution is -2.29. The first kappa shape index (κ1) is 13.1. The molecule has 0 aromatic rings. The van der Waals surface area contributed by atoms with Crippen molar-refractivity contribution >= 4 is 5.97 Å². The van der Waals surface area contributed by atoms with Crippen LogP contribution in [0, 0.1) is 0 Å². The van der Waals surface area contributed by atoms with Gasteiger partial charge in [-0.25, -0.2) is 4.79 Å². The minimum absolute atomic E-state index is 0.390. The molecule has 0 aromatic heterocycles. The smallest absolute Gasteiger partial charge is 0.330 e. The lowest BCUT2D eigenvalue weighted by atomic mass is 10.3. The minimum atomic E-state index is -0.850. The molecule has 14 heavy (non-hydrogen) atoms. The van der Waals surface area contributed by atoms with Gasteiger partial charge < -0.3 is 15.3 Å². The van der Waals surface area contributed by atoms with Gasteiger partial charge in [0.1, 0.15) is 0 Å². The highest BCUT2D eigenvalue weighted by Gasteiger charge is 1.97. The number of nitrogens with one attached hydrogen (secondary N) is 1. The van der Waals surface area contributed by atoms with Crippen LogP contribution in [0.1, 0.15) is 13.8 Å². The van der Waals surface area contributed by atoms with Crippen LogP contribution in [-0.4, -0.2) is 49.2 Å². The number of carboxylic acid groups (broad SMARTS) is 1. The molecule has 0 heterocycles. The van der Waals surface area contributed by atoms with Crippen molar-refractivity contribution in [1.29, 1.82) is 0 Å². The predicted molar refractivity (Wildman–Crippen MR) is 57.4 cm³/mol. The molecule has 2 N–H and O–H groups in total. The summed E-state index contributed by atoms with van der Waals surface area (Å²) in [6, 6.07) is 0. The Kier molecular flexibility index (Phi) is 7.06. The zero-order valence-electron chi connectivity index (χ0n) is 9.21. The van der Waals surface area contributed by atoms with E-state index in [1.807, 2.05) is 0 Å². The van der Waals surface area contributed by atoms with Crippen LogP contribution in [0.15, 0.2) is 11.6 Å². The summed E-state index contributed by atoms with van der Waals surface area (Å²) in [6.07, 6.45) is 1.69. The zero-order chi connectivity index (χ0) is 11.0. The average Bonchev–Trinajstić information content (AvgIpc) is 2.16. The van der Waals surface area contributed by atoms with Crippen LogP contribution in [0.5, 0.6) is 0 Å². The van der Waals surface area contributed by atoms with E-state index in [0.717, 1.165) is 19.6 Å². The molecular weight excluding hydrogens is 180 g/mol. The van der Waals surface area contributed by atoms with Crippen LogP contribution in [0.25, 0.3) is 0 Å².